The number of hydrogen-bond donors (Lipinski definition) is 0. The molecule has 168 valence electrons. The van der Waals surface area contributed by atoms with Crippen molar-refractivity contribution >= 4 is 21.6 Å². The molecule has 3 rings (SSSR count). The van der Waals surface area contributed by atoms with E-state index in [4.69, 9.17) is 4.74 Å². The zero-order chi connectivity index (χ0) is 22.4. The third-order valence-corrected chi connectivity index (χ3v) is 7.28. The minimum absolute atomic E-state index is 0.125. The molecule has 0 unspecified atom stereocenters. The average molecular weight is 446 g/mol. The van der Waals surface area contributed by atoms with Gasteiger partial charge in [-0.2, -0.15) is 0 Å². The van der Waals surface area contributed by atoms with Crippen molar-refractivity contribution in [2.45, 2.75) is 25.7 Å². The van der Waals surface area contributed by atoms with Crippen molar-refractivity contribution in [3.8, 4) is 5.75 Å². The Morgan fingerprint density at radius 3 is 2.13 bits per heavy atom. The number of ether oxygens (including phenoxy) is 1. The van der Waals surface area contributed by atoms with Crippen molar-refractivity contribution in [3.63, 3.8) is 0 Å². The van der Waals surface area contributed by atoms with E-state index in [0.29, 0.717) is 31.1 Å². The quantitative estimate of drug-likeness (QED) is 0.625. The molecule has 2 aromatic rings. The lowest BCUT2D eigenvalue weighted by molar-refractivity contribution is -0.131. The molecule has 2 aromatic carbocycles. The first-order valence-electron chi connectivity index (χ1n) is 10.7. The molecule has 0 N–H and O–H groups in total. The molecule has 1 aliphatic rings. The van der Waals surface area contributed by atoms with Crippen LogP contribution in [0.25, 0.3) is 0 Å². The van der Waals surface area contributed by atoms with E-state index in [0.717, 1.165) is 25.2 Å². The fourth-order valence-electron chi connectivity index (χ4n) is 3.56. The first kappa shape index (κ1) is 23.1. The van der Waals surface area contributed by atoms with Gasteiger partial charge in [0.2, 0.25) is 5.91 Å². The minimum atomic E-state index is -3.93. The van der Waals surface area contributed by atoms with Crippen LogP contribution in [0.2, 0.25) is 0 Å². The summed E-state index contributed by atoms with van der Waals surface area (Å²) in [5.74, 6) is 0.416. The maximum Gasteiger partial charge on any atom is 0.264 e. The number of likely N-dealkylation sites (N-methyl/N-ethyl adjacent to an activating group) is 1. The summed E-state index contributed by atoms with van der Waals surface area (Å²) >= 11 is 0. The van der Waals surface area contributed by atoms with E-state index >= 15 is 0 Å². The summed E-state index contributed by atoms with van der Waals surface area (Å²) in [6, 6.07) is 13.5. The number of sulfonamides is 1. The van der Waals surface area contributed by atoms with Gasteiger partial charge in [0.1, 0.15) is 12.3 Å². The smallest absolute Gasteiger partial charge is 0.264 e. The van der Waals surface area contributed by atoms with Crippen LogP contribution in [0.15, 0.2) is 53.4 Å². The lowest BCUT2D eigenvalue weighted by Gasteiger charge is -2.35. The van der Waals surface area contributed by atoms with Crippen molar-refractivity contribution in [2.75, 3.05) is 50.2 Å². The molecule has 1 fully saturated rings. The van der Waals surface area contributed by atoms with Gasteiger partial charge in [0.25, 0.3) is 10.0 Å². The second kappa shape index (κ2) is 10.2. The maximum absolute atomic E-state index is 13.5. The van der Waals surface area contributed by atoms with Crippen molar-refractivity contribution in [3.05, 3.63) is 54.1 Å². The highest BCUT2D eigenvalue weighted by Gasteiger charge is 2.30. The number of hydrogen-bond acceptors (Lipinski definition) is 5. The van der Waals surface area contributed by atoms with Gasteiger partial charge in [0, 0.05) is 26.2 Å². The summed E-state index contributed by atoms with van der Waals surface area (Å²) in [7, 11) is -3.93. The molecule has 0 radical (unpaired) electrons. The third-order valence-electron chi connectivity index (χ3n) is 5.50. The van der Waals surface area contributed by atoms with Crippen LogP contribution < -0.4 is 9.04 Å². The van der Waals surface area contributed by atoms with Crippen molar-refractivity contribution < 1.29 is 17.9 Å². The molecule has 0 atom stereocenters. The van der Waals surface area contributed by atoms with E-state index < -0.39 is 10.0 Å². The van der Waals surface area contributed by atoms with Crippen LogP contribution >= 0.6 is 0 Å². The van der Waals surface area contributed by atoms with Crippen LogP contribution in [0.3, 0.4) is 0 Å². The van der Waals surface area contributed by atoms with Crippen LogP contribution in [0, 0.1) is 6.92 Å². The van der Waals surface area contributed by atoms with E-state index in [1.165, 1.54) is 16.4 Å². The number of rotatable bonds is 8. The Kier molecular flexibility index (Phi) is 7.56. The monoisotopic (exact) mass is 445 g/mol. The SMILES string of the molecule is CCOc1ccc(S(=O)(=O)N(CC(=O)N2CCN(CC)CC2)c2ccc(C)cc2)cc1. The Hall–Kier alpha value is -2.58. The highest BCUT2D eigenvalue weighted by Crippen LogP contribution is 2.26. The van der Waals surface area contributed by atoms with Gasteiger partial charge in [-0.15, -0.1) is 0 Å². The normalized spacial score (nSPS) is 15.0. The summed E-state index contributed by atoms with van der Waals surface area (Å²) in [5.41, 5.74) is 1.49. The number of carbonyl (C=O) groups is 1. The molecule has 1 saturated heterocycles. The first-order chi connectivity index (χ1) is 14.8. The number of amides is 1. The Morgan fingerprint density at radius 1 is 0.968 bits per heavy atom. The standard InChI is InChI=1S/C23H31N3O4S/c1-4-24-14-16-25(17-15-24)23(27)18-26(20-8-6-19(3)7-9-20)31(28,29)22-12-10-21(11-13-22)30-5-2/h6-13H,4-5,14-18H2,1-3H3. The number of anilines is 1. The molecule has 0 bridgehead atoms. The molecule has 1 amide bonds. The van der Waals surface area contributed by atoms with Gasteiger partial charge in [0.15, 0.2) is 0 Å². The summed E-state index contributed by atoms with van der Waals surface area (Å²) in [5, 5.41) is 0. The molecule has 0 aromatic heterocycles. The molecule has 7 nitrogen and oxygen atoms in total. The van der Waals surface area contributed by atoms with E-state index in [1.807, 2.05) is 26.0 Å². The molecular formula is C23H31N3O4S. The van der Waals surface area contributed by atoms with Gasteiger partial charge in [-0.3, -0.25) is 9.10 Å². The van der Waals surface area contributed by atoms with E-state index in [1.54, 1.807) is 29.2 Å². The molecule has 1 aliphatic heterocycles. The Morgan fingerprint density at radius 2 is 1.58 bits per heavy atom. The van der Waals surface area contributed by atoms with Gasteiger partial charge in [0.05, 0.1) is 17.2 Å². The van der Waals surface area contributed by atoms with Crippen molar-refractivity contribution in [2.24, 2.45) is 0 Å². The molecule has 1 heterocycles. The molecule has 0 spiro atoms. The lowest BCUT2D eigenvalue weighted by Crippen LogP contribution is -2.51. The average Bonchev–Trinajstić information content (AvgIpc) is 2.78. The summed E-state index contributed by atoms with van der Waals surface area (Å²) in [6.45, 7) is 9.95. The van der Waals surface area contributed by atoms with E-state index in [2.05, 4.69) is 11.8 Å². The highest BCUT2D eigenvalue weighted by molar-refractivity contribution is 7.92. The number of carbonyl (C=O) groups excluding carboxylic acids is 1. The Balaban J connectivity index is 1.87. The van der Waals surface area contributed by atoms with Crippen molar-refractivity contribution in [1.82, 2.24) is 9.80 Å². The van der Waals surface area contributed by atoms with Crippen LogP contribution in [-0.4, -0.2) is 70.0 Å². The number of benzene rings is 2. The van der Waals surface area contributed by atoms with Gasteiger partial charge in [-0.1, -0.05) is 24.6 Å². The maximum atomic E-state index is 13.5. The predicted octanol–water partition coefficient (Wildman–Crippen LogP) is 2.75. The number of piperazine rings is 1. The third kappa shape index (κ3) is 5.57. The Labute approximate surface area is 185 Å². The molecule has 0 aliphatic carbocycles. The molecule has 8 heteroatoms. The molecule has 31 heavy (non-hydrogen) atoms. The predicted molar refractivity (Wildman–Crippen MR) is 122 cm³/mol. The topological polar surface area (TPSA) is 70.2 Å². The van der Waals surface area contributed by atoms with Gasteiger partial charge < -0.3 is 14.5 Å². The second-order valence-corrected chi connectivity index (χ2v) is 9.43. The summed E-state index contributed by atoms with van der Waals surface area (Å²) in [6.07, 6.45) is 0. The van der Waals surface area contributed by atoms with Crippen LogP contribution in [0.1, 0.15) is 19.4 Å². The van der Waals surface area contributed by atoms with Crippen molar-refractivity contribution in [1.29, 1.82) is 0 Å². The van der Waals surface area contributed by atoms with Crippen LogP contribution in [-0.2, 0) is 14.8 Å². The first-order valence-corrected chi connectivity index (χ1v) is 12.1. The van der Waals surface area contributed by atoms with Gasteiger partial charge in [-0.25, -0.2) is 8.42 Å². The second-order valence-electron chi connectivity index (χ2n) is 7.57. The van der Waals surface area contributed by atoms with Crippen LogP contribution in [0.5, 0.6) is 5.75 Å². The fraction of sp³-hybridized carbons (Fsp3) is 0.435. The number of nitrogens with zero attached hydrogens (tertiary/aromatic N) is 3. The minimum Gasteiger partial charge on any atom is -0.494 e. The van der Waals surface area contributed by atoms with E-state index in [-0.39, 0.29) is 17.3 Å². The summed E-state index contributed by atoms with van der Waals surface area (Å²) in [4.78, 5) is 17.2. The zero-order valence-electron chi connectivity index (χ0n) is 18.5. The molecule has 0 saturated carbocycles. The van der Waals surface area contributed by atoms with Crippen LogP contribution in [0.4, 0.5) is 5.69 Å². The zero-order valence-corrected chi connectivity index (χ0v) is 19.3. The fourth-order valence-corrected chi connectivity index (χ4v) is 4.98. The molecular weight excluding hydrogens is 414 g/mol. The van der Waals surface area contributed by atoms with Gasteiger partial charge in [-0.05, 0) is 56.8 Å². The highest BCUT2D eigenvalue weighted by atomic mass is 32.2. The van der Waals surface area contributed by atoms with E-state index in [9.17, 15) is 13.2 Å². The van der Waals surface area contributed by atoms with Gasteiger partial charge >= 0.3 is 0 Å². The number of aryl methyl sites for hydroxylation is 1. The Bertz CT molecular complexity index is 967. The lowest BCUT2D eigenvalue weighted by atomic mass is 10.2. The summed E-state index contributed by atoms with van der Waals surface area (Å²) < 4.78 is 33.6. The largest absolute Gasteiger partial charge is 0.494 e.